The minimum absolute atomic E-state index is 0.307. The van der Waals surface area contributed by atoms with Crippen LogP contribution in [0.25, 0.3) is 0 Å². The summed E-state index contributed by atoms with van der Waals surface area (Å²) >= 11 is 0.857. The fourth-order valence-corrected chi connectivity index (χ4v) is 3.19. The van der Waals surface area contributed by atoms with Gasteiger partial charge in [-0.25, -0.2) is 0 Å². The second-order valence-electron chi connectivity index (χ2n) is 4.74. The molecule has 4 nitrogen and oxygen atoms in total. The van der Waals surface area contributed by atoms with Crippen LogP contribution in [-0.2, 0) is 12.6 Å². The van der Waals surface area contributed by atoms with Gasteiger partial charge in [0.1, 0.15) is 5.82 Å². The van der Waals surface area contributed by atoms with E-state index < -0.39 is 17.6 Å². The maximum absolute atomic E-state index is 12.9. The molecule has 0 spiro atoms. The van der Waals surface area contributed by atoms with Crippen LogP contribution in [0.4, 0.5) is 19.0 Å². The molecule has 0 fully saturated rings. The highest BCUT2D eigenvalue weighted by Gasteiger charge is 2.38. The molecule has 116 valence electrons. The van der Waals surface area contributed by atoms with E-state index in [1.165, 1.54) is 17.4 Å². The molecule has 1 aliphatic rings. The van der Waals surface area contributed by atoms with Crippen LogP contribution in [0.15, 0.2) is 22.9 Å². The quantitative estimate of drug-likeness (QED) is 0.849. The first-order valence-electron chi connectivity index (χ1n) is 6.41. The Bertz CT molecular complexity index is 727. The van der Waals surface area contributed by atoms with Gasteiger partial charge in [0, 0.05) is 23.4 Å². The van der Waals surface area contributed by atoms with E-state index in [-0.39, 0.29) is 5.56 Å². The second-order valence-corrected chi connectivity index (χ2v) is 5.48. The summed E-state index contributed by atoms with van der Waals surface area (Å²) in [7, 11) is 1.44. The van der Waals surface area contributed by atoms with Gasteiger partial charge < -0.3 is 4.74 Å². The Morgan fingerprint density at radius 3 is 2.82 bits per heavy atom. The molecule has 1 aliphatic heterocycles. The number of aromatic nitrogens is 1. The average molecular weight is 328 g/mol. The van der Waals surface area contributed by atoms with Gasteiger partial charge in [-0.15, -0.1) is 0 Å². The van der Waals surface area contributed by atoms with Crippen LogP contribution in [-0.4, -0.2) is 24.5 Å². The van der Waals surface area contributed by atoms with Crippen LogP contribution >= 0.6 is 11.3 Å². The molecule has 1 amide bonds. The average Bonchev–Trinajstić information content (AvgIpc) is 3.12. The van der Waals surface area contributed by atoms with E-state index in [4.69, 9.17) is 4.74 Å². The SMILES string of the molecule is COc1ccc2c(n1)N(C(=O)c1cscc1C(F)(F)F)CC2. The Morgan fingerprint density at radius 1 is 1.36 bits per heavy atom. The fraction of sp³-hybridized carbons (Fsp3) is 0.286. The molecule has 0 N–H and O–H groups in total. The molecule has 0 aromatic carbocycles. The highest BCUT2D eigenvalue weighted by atomic mass is 32.1. The van der Waals surface area contributed by atoms with E-state index in [9.17, 15) is 18.0 Å². The molecule has 0 saturated heterocycles. The van der Waals surface area contributed by atoms with E-state index in [0.717, 1.165) is 22.3 Å². The molecule has 0 saturated carbocycles. The number of thiophene rings is 1. The number of amides is 1. The summed E-state index contributed by atoms with van der Waals surface area (Å²) in [5.74, 6) is -0.00318. The van der Waals surface area contributed by atoms with Gasteiger partial charge in [0.25, 0.3) is 5.91 Å². The van der Waals surface area contributed by atoms with Gasteiger partial charge in [0.15, 0.2) is 0 Å². The Labute approximate surface area is 128 Å². The molecule has 0 bridgehead atoms. The first kappa shape index (κ1) is 14.8. The number of alkyl halides is 3. The fourth-order valence-electron chi connectivity index (χ4n) is 2.37. The normalized spacial score (nSPS) is 14.1. The number of carbonyl (C=O) groups excluding carboxylic acids is 1. The lowest BCUT2D eigenvalue weighted by Crippen LogP contribution is -2.30. The molecule has 2 aromatic rings. The van der Waals surface area contributed by atoms with Crippen LogP contribution in [0.5, 0.6) is 5.88 Å². The number of carbonyl (C=O) groups is 1. The van der Waals surface area contributed by atoms with Crippen molar-refractivity contribution < 1.29 is 22.7 Å². The zero-order valence-corrected chi connectivity index (χ0v) is 12.3. The van der Waals surface area contributed by atoms with Crippen molar-refractivity contribution in [3.63, 3.8) is 0 Å². The Morgan fingerprint density at radius 2 is 2.14 bits per heavy atom. The predicted molar refractivity (Wildman–Crippen MR) is 75.5 cm³/mol. The van der Waals surface area contributed by atoms with Crippen LogP contribution in [0, 0.1) is 0 Å². The zero-order valence-electron chi connectivity index (χ0n) is 11.5. The lowest BCUT2D eigenvalue weighted by atomic mass is 10.1. The standard InChI is InChI=1S/C14H11F3N2O2S/c1-21-11-3-2-8-4-5-19(12(8)18-11)13(20)9-6-22-7-10(9)14(15,16)17/h2-3,6-7H,4-5H2,1H3. The minimum atomic E-state index is -4.55. The summed E-state index contributed by atoms with van der Waals surface area (Å²) in [6.07, 6.45) is -3.99. The number of hydrogen-bond acceptors (Lipinski definition) is 4. The number of nitrogens with zero attached hydrogens (tertiary/aromatic N) is 2. The number of hydrogen-bond donors (Lipinski definition) is 0. The summed E-state index contributed by atoms with van der Waals surface area (Å²) < 4.78 is 43.8. The summed E-state index contributed by atoms with van der Waals surface area (Å²) in [5.41, 5.74) is -0.424. The van der Waals surface area contributed by atoms with E-state index >= 15 is 0 Å². The largest absolute Gasteiger partial charge is 0.481 e. The van der Waals surface area contributed by atoms with Gasteiger partial charge in [-0.05, 0) is 18.1 Å². The molecular weight excluding hydrogens is 317 g/mol. The summed E-state index contributed by atoms with van der Waals surface area (Å²) in [5, 5.41) is 2.17. The minimum Gasteiger partial charge on any atom is -0.481 e. The Hall–Kier alpha value is -2.09. The van der Waals surface area contributed by atoms with Crippen molar-refractivity contribution in [2.45, 2.75) is 12.6 Å². The maximum Gasteiger partial charge on any atom is 0.417 e. The molecule has 0 radical (unpaired) electrons. The molecule has 2 aromatic heterocycles. The first-order chi connectivity index (χ1) is 10.4. The number of anilines is 1. The van der Waals surface area contributed by atoms with Crippen molar-refractivity contribution in [1.29, 1.82) is 0 Å². The van der Waals surface area contributed by atoms with E-state index in [1.807, 2.05) is 0 Å². The summed E-state index contributed by atoms with van der Waals surface area (Å²) in [4.78, 5) is 17.9. The van der Waals surface area contributed by atoms with E-state index in [1.54, 1.807) is 12.1 Å². The summed E-state index contributed by atoms with van der Waals surface area (Å²) in [6.45, 7) is 0.307. The van der Waals surface area contributed by atoms with Crippen LogP contribution in [0.1, 0.15) is 21.5 Å². The Kier molecular flexibility index (Phi) is 3.56. The lowest BCUT2D eigenvalue weighted by Gasteiger charge is -2.17. The van der Waals surface area contributed by atoms with Crippen molar-refractivity contribution in [1.82, 2.24) is 4.98 Å². The maximum atomic E-state index is 12.9. The third kappa shape index (κ3) is 2.43. The van der Waals surface area contributed by atoms with Gasteiger partial charge in [-0.1, -0.05) is 0 Å². The van der Waals surface area contributed by atoms with Crippen molar-refractivity contribution in [2.75, 3.05) is 18.6 Å². The van der Waals surface area contributed by atoms with Gasteiger partial charge in [0.2, 0.25) is 5.88 Å². The number of pyridine rings is 1. The molecular formula is C14H11F3N2O2S. The molecule has 22 heavy (non-hydrogen) atoms. The number of ether oxygens (including phenoxy) is 1. The number of rotatable bonds is 2. The third-order valence-electron chi connectivity index (χ3n) is 3.44. The van der Waals surface area contributed by atoms with Crippen molar-refractivity contribution in [2.24, 2.45) is 0 Å². The van der Waals surface area contributed by atoms with Crippen molar-refractivity contribution in [3.8, 4) is 5.88 Å². The number of methoxy groups -OCH3 is 1. The first-order valence-corrected chi connectivity index (χ1v) is 7.35. The Balaban J connectivity index is 1.98. The smallest absolute Gasteiger partial charge is 0.417 e. The molecule has 3 rings (SSSR count). The van der Waals surface area contributed by atoms with Crippen LogP contribution in [0.2, 0.25) is 0 Å². The third-order valence-corrected chi connectivity index (χ3v) is 4.19. The van der Waals surface area contributed by atoms with Crippen molar-refractivity contribution >= 4 is 23.1 Å². The lowest BCUT2D eigenvalue weighted by molar-refractivity contribution is -0.137. The van der Waals surface area contributed by atoms with E-state index in [2.05, 4.69) is 4.98 Å². The molecule has 3 heterocycles. The summed E-state index contributed by atoms with van der Waals surface area (Å²) in [6, 6.07) is 3.44. The molecule has 0 unspecified atom stereocenters. The highest BCUT2D eigenvalue weighted by molar-refractivity contribution is 7.08. The molecule has 8 heteroatoms. The van der Waals surface area contributed by atoms with Gasteiger partial charge in [0.05, 0.1) is 18.2 Å². The number of halogens is 3. The molecule has 0 aliphatic carbocycles. The van der Waals surface area contributed by atoms with Crippen LogP contribution in [0.3, 0.4) is 0 Å². The van der Waals surface area contributed by atoms with Gasteiger partial charge >= 0.3 is 6.18 Å². The van der Waals surface area contributed by atoms with Gasteiger partial charge in [-0.3, -0.25) is 9.69 Å². The topological polar surface area (TPSA) is 42.4 Å². The van der Waals surface area contributed by atoms with Gasteiger partial charge in [-0.2, -0.15) is 29.5 Å². The zero-order chi connectivity index (χ0) is 15.9. The molecule has 0 atom stereocenters. The highest BCUT2D eigenvalue weighted by Crippen LogP contribution is 2.36. The van der Waals surface area contributed by atoms with Crippen molar-refractivity contribution in [3.05, 3.63) is 39.6 Å². The van der Waals surface area contributed by atoms with E-state index in [0.29, 0.717) is 24.7 Å². The predicted octanol–water partition coefficient (Wildman–Crippen LogP) is 3.37. The monoisotopic (exact) mass is 328 g/mol. The number of fused-ring (bicyclic) bond motifs is 1. The van der Waals surface area contributed by atoms with Crippen LogP contribution < -0.4 is 9.64 Å². The second kappa shape index (κ2) is 5.28.